The number of nitrogens with one attached hydrogen (secondary N) is 3. The van der Waals surface area contributed by atoms with Crippen LogP contribution in [-0.2, 0) is 19.1 Å². The molecular formula is C16H21N3O6. The molecule has 3 N–H and O–H groups in total. The molecule has 0 unspecified atom stereocenters. The van der Waals surface area contributed by atoms with E-state index in [1.807, 2.05) is 0 Å². The molecule has 9 heteroatoms. The summed E-state index contributed by atoms with van der Waals surface area (Å²) in [5, 5.41) is 2.52. The molecular weight excluding hydrogens is 330 g/mol. The van der Waals surface area contributed by atoms with Gasteiger partial charge < -0.3 is 14.5 Å². The van der Waals surface area contributed by atoms with E-state index < -0.39 is 24.4 Å². The molecule has 0 radical (unpaired) electrons. The molecule has 3 amide bonds. The van der Waals surface area contributed by atoms with Crippen LogP contribution in [0.4, 0.5) is 0 Å². The lowest BCUT2D eigenvalue weighted by atomic mass is 9.89. The first-order chi connectivity index (χ1) is 12.1. The summed E-state index contributed by atoms with van der Waals surface area (Å²) >= 11 is 0. The normalized spacial score (nSPS) is 14.4. The van der Waals surface area contributed by atoms with Crippen molar-refractivity contribution >= 4 is 23.7 Å². The van der Waals surface area contributed by atoms with Crippen LogP contribution in [0.25, 0.3) is 0 Å². The molecule has 0 atom stereocenters. The molecule has 1 fully saturated rings. The molecule has 0 spiro atoms. The van der Waals surface area contributed by atoms with E-state index in [1.54, 1.807) is 0 Å². The molecule has 136 valence electrons. The third kappa shape index (κ3) is 6.28. The number of carbonyl (C=O) groups excluding carboxylic acids is 4. The van der Waals surface area contributed by atoms with Gasteiger partial charge >= 0.3 is 11.9 Å². The lowest BCUT2D eigenvalue weighted by molar-refractivity contribution is -0.148. The Balaban J connectivity index is 1.58. The maximum absolute atomic E-state index is 11.9. The van der Waals surface area contributed by atoms with Crippen LogP contribution in [0.2, 0.25) is 0 Å². The van der Waals surface area contributed by atoms with Crippen LogP contribution >= 0.6 is 0 Å². The van der Waals surface area contributed by atoms with Crippen molar-refractivity contribution in [2.45, 2.75) is 32.1 Å². The Kier molecular flexibility index (Phi) is 7.00. The summed E-state index contributed by atoms with van der Waals surface area (Å²) in [5.41, 5.74) is 4.19. The summed E-state index contributed by atoms with van der Waals surface area (Å²) < 4.78 is 9.57. The van der Waals surface area contributed by atoms with Gasteiger partial charge in [-0.05, 0) is 25.0 Å². The highest BCUT2D eigenvalue weighted by Crippen LogP contribution is 2.23. The van der Waals surface area contributed by atoms with E-state index >= 15 is 0 Å². The first kappa shape index (κ1) is 18.5. The minimum Gasteiger partial charge on any atom is -0.459 e. The Morgan fingerprint density at radius 1 is 1.12 bits per heavy atom. The van der Waals surface area contributed by atoms with Crippen molar-refractivity contribution in [1.82, 2.24) is 16.2 Å². The minimum absolute atomic E-state index is 0.0303. The van der Waals surface area contributed by atoms with Crippen molar-refractivity contribution in [2.24, 2.45) is 5.92 Å². The smallest absolute Gasteiger partial charge is 0.325 e. The minimum atomic E-state index is -0.725. The van der Waals surface area contributed by atoms with Crippen LogP contribution in [0, 0.1) is 5.92 Å². The first-order valence-corrected chi connectivity index (χ1v) is 8.12. The lowest BCUT2D eigenvalue weighted by Gasteiger charge is -2.20. The van der Waals surface area contributed by atoms with Gasteiger partial charge in [0.1, 0.15) is 6.54 Å². The molecule has 0 aliphatic heterocycles. The molecule has 2 rings (SSSR count). The number of furan rings is 1. The van der Waals surface area contributed by atoms with Crippen LogP contribution in [0.1, 0.15) is 42.7 Å². The van der Waals surface area contributed by atoms with Crippen LogP contribution in [0.5, 0.6) is 0 Å². The number of rotatable bonds is 6. The largest absolute Gasteiger partial charge is 0.459 e. The topological polar surface area (TPSA) is 127 Å². The first-order valence-electron chi connectivity index (χ1n) is 8.12. The summed E-state index contributed by atoms with van der Waals surface area (Å²) in [5.74, 6) is -2.26. The molecule has 0 bridgehead atoms. The molecule has 9 nitrogen and oxygen atoms in total. The second-order valence-electron chi connectivity index (χ2n) is 5.69. The third-order valence-corrected chi connectivity index (χ3v) is 3.81. The van der Waals surface area contributed by atoms with E-state index in [2.05, 4.69) is 16.2 Å². The lowest BCUT2D eigenvalue weighted by Crippen LogP contribution is -2.44. The monoisotopic (exact) mass is 351 g/mol. The number of amides is 3. The fourth-order valence-electron chi connectivity index (χ4n) is 2.50. The van der Waals surface area contributed by atoms with Gasteiger partial charge in [-0.1, -0.05) is 19.3 Å². The highest BCUT2D eigenvalue weighted by molar-refractivity contribution is 5.93. The van der Waals surface area contributed by atoms with Crippen LogP contribution in [-0.4, -0.2) is 36.8 Å². The summed E-state index contributed by atoms with van der Waals surface area (Å²) in [4.78, 5) is 46.4. The SMILES string of the molecule is O=C(COC(=O)CNC(=O)C1CCCCC1)NNC(=O)c1ccco1. The van der Waals surface area contributed by atoms with Gasteiger partial charge in [-0.2, -0.15) is 0 Å². The van der Waals surface area contributed by atoms with E-state index in [0.717, 1.165) is 32.1 Å². The average molecular weight is 351 g/mol. The molecule has 25 heavy (non-hydrogen) atoms. The summed E-state index contributed by atoms with van der Waals surface area (Å²) in [6, 6.07) is 2.95. The van der Waals surface area contributed by atoms with Gasteiger partial charge in [0.2, 0.25) is 5.91 Å². The zero-order valence-corrected chi connectivity index (χ0v) is 13.7. The van der Waals surface area contributed by atoms with Crippen molar-refractivity contribution in [3.8, 4) is 0 Å². The predicted molar refractivity (Wildman–Crippen MR) is 84.9 cm³/mol. The maximum atomic E-state index is 11.9. The molecule has 0 aromatic carbocycles. The van der Waals surface area contributed by atoms with Crippen molar-refractivity contribution in [3.63, 3.8) is 0 Å². The predicted octanol–water partition coefficient (Wildman–Crippen LogP) is 0.280. The van der Waals surface area contributed by atoms with Crippen molar-refractivity contribution in [1.29, 1.82) is 0 Å². The number of hydrazine groups is 1. The molecule has 1 heterocycles. The third-order valence-electron chi connectivity index (χ3n) is 3.81. The van der Waals surface area contributed by atoms with E-state index in [1.165, 1.54) is 18.4 Å². The maximum Gasteiger partial charge on any atom is 0.325 e. The highest BCUT2D eigenvalue weighted by atomic mass is 16.5. The Morgan fingerprint density at radius 2 is 1.88 bits per heavy atom. The summed E-state index contributed by atoms with van der Waals surface area (Å²) in [6.07, 6.45) is 6.16. The van der Waals surface area contributed by atoms with Gasteiger partial charge in [-0.15, -0.1) is 0 Å². The Hall–Kier alpha value is -2.84. The van der Waals surface area contributed by atoms with E-state index in [-0.39, 0.29) is 24.1 Å². The zero-order chi connectivity index (χ0) is 18.1. The number of esters is 1. The number of hydrogen-bond acceptors (Lipinski definition) is 6. The van der Waals surface area contributed by atoms with Crippen molar-refractivity contribution in [2.75, 3.05) is 13.2 Å². The molecule has 1 aromatic rings. The van der Waals surface area contributed by atoms with Gasteiger partial charge in [0.05, 0.1) is 6.26 Å². The van der Waals surface area contributed by atoms with E-state index in [9.17, 15) is 19.2 Å². The fourth-order valence-corrected chi connectivity index (χ4v) is 2.50. The summed E-state index contributed by atoms with van der Waals surface area (Å²) in [6.45, 7) is -0.863. The van der Waals surface area contributed by atoms with Crippen molar-refractivity contribution in [3.05, 3.63) is 24.2 Å². The van der Waals surface area contributed by atoms with Gasteiger partial charge in [0.15, 0.2) is 12.4 Å². The Morgan fingerprint density at radius 3 is 2.56 bits per heavy atom. The van der Waals surface area contributed by atoms with Gasteiger partial charge in [-0.25, -0.2) is 0 Å². The number of ether oxygens (including phenoxy) is 1. The summed E-state index contributed by atoms with van der Waals surface area (Å²) in [7, 11) is 0. The van der Waals surface area contributed by atoms with Crippen LogP contribution in [0.3, 0.4) is 0 Å². The van der Waals surface area contributed by atoms with Gasteiger partial charge in [0.25, 0.3) is 5.91 Å². The second-order valence-corrected chi connectivity index (χ2v) is 5.69. The average Bonchev–Trinajstić information content (AvgIpc) is 3.18. The molecule has 1 saturated carbocycles. The van der Waals surface area contributed by atoms with Gasteiger partial charge in [0, 0.05) is 5.92 Å². The molecule has 1 aliphatic carbocycles. The van der Waals surface area contributed by atoms with E-state index in [4.69, 9.17) is 9.15 Å². The Labute approximate surface area is 144 Å². The second kappa shape index (κ2) is 9.45. The van der Waals surface area contributed by atoms with E-state index in [0.29, 0.717) is 0 Å². The highest BCUT2D eigenvalue weighted by Gasteiger charge is 2.21. The molecule has 1 aromatic heterocycles. The molecule has 0 saturated heterocycles. The standard InChI is InChI=1S/C16H21N3O6/c20-13(18-19-16(23)12-7-4-8-24-12)10-25-14(21)9-17-15(22)11-5-2-1-3-6-11/h4,7-8,11H,1-3,5-6,9-10H2,(H,17,22)(H,18,20)(H,19,23). The van der Waals surface area contributed by atoms with Crippen molar-refractivity contribution < 1.29 is 28.3 Å². The van der Waals surface area contributed by atoms with Crippen LogP contribution in [0.15, 0.2) is 22.8 Å². The molecule has 1 aliphatic rings. The van der Waals surface area contributed by atoms with Gasteiger partial charge in [-0.3, -0.25) is 30.0 Å². The fraction of sp³-hybridized carbons (Fsp3) is 0.500. The Bertz CT molecular complexity index is 607. The number of hydrogen-bond donors (Lipinski definition) is 3. The number of carbonyl (C=O) groups is 4. The van der Waals surface area contributed by atoms with Crippen LogP contribution < -0.4 is 16.2 Å². The quantitative estimate of drug-likeness (QED) is 0.499. The zero-order valence-electron chi connectivity index (χ0n) is 13.7.